The van der Waals surface area contributed by atoms with Gasteiger partial charge in [-0.3, -0.25) is 13.9 Å². The van der Waals surface area contributed by atoms with Crippen LogP contribution in [0.3, 0.4) is 0 Å². The van der Waals surface area contributed by atoms with Crippen LogP contribution in [0.2, 0.25) is 10.0 Å². The van der Waals surface area contributed by atoms with Crippen LogP contribution in [0, 0.1) is 0 Å². The van der Waals surface area contributed by atoms with Crippen molar-refractivity contribution in [2.24, 2.45) is 0 Å². The van der Waals surface area contributed by atoms with Crippen LogP contribution in [0.5, 0.6) is 0 Å². The second-order valence-electron chi connectivity index (χ2n) is 10.6. The smallest absolute Gasteiger partial charge is 0.244 e. The van der Waals surface area contributed by atoms with Gasteiger partial charge in [-0.15, -0.1) is 0 Å². The van der Waals surface area contributed by atoms with Crippen molar-refractivity contribution in [2.45, 2.75) is 58.5 Å². The van der Waals surface area contributed by atoms with Crippen LogP contribution in [0.1, 0.15) is 56.2 Å². The lowest BCUT2D eigenvalue weighted by atomic mass is 10.0. The Morgan fingerprint density at radius 1 is 0.905 bits per heavy atom. The molecular formula is C32H39Cl2N3O4S. The van der Waals surface area contributed by atoms with Crippen LogP contribution >= 0.6 is 23.2 Å². The molecule has 0 unspecified atom stereocenters. The molecule has 1 atom stereocenters. The number of carbonyl (C=O) groups is 2. The van der Waals surface area contributed by atoms with Gasteiger partial charge in [-0.1, -0.05) is 98.9 Å². The van der Waals surface area contributed by atoms with Crippen molar-refractivity contribution in [1.29, 1.82) is 0 Å². The van der Waals surface area contributed by atoms with Gasteiger partial charge in [0.05, 0.1) is 11.9 Å². The first-order valence-electron chi connectivity index (χ1n) is 14.0. The minimum absolute atomic E-state index is 0.0834. The first kappa shape index (κ1) is 33.4. The Bertz CT molecular complexity index is 1430. The van der Waals surface area contributed by atoms with Gasteiger partial charge in [0.1, 0.15) is 12.6 Å². The van der Waals surface area contributed by atoms with E-state index in [-0.39, 0.29) is 24.8 Å². The Labute approximate surface area is 259 Å². The molecule has 226 valence electrons. The molecule has 42 heavy (non-hydrogen) atoms. The molecule has 2 amide bonds. The molecule has 0 heterocycles. The minimum atomic E-state index is -3.86. The van der Waals surface area contributed by atoms with E-state index in [2.05, 4.69) is 5.32 Å². The predicted octanol–water partition coefficient (Wildman–Crippen LogP) is 6.44. The van der Waals surface area contributed by atoms with Gasteiger partial charge in [0.15, 0.2) is 0 Å². The van der Waals surface area contributed by atoms with E-state index in [1.165, 1.54) is 4.90 Å². The van der Waals surface area contributed by atoms with Gasteiger partial charge in [-0.05, 0) is 47.7 Å². The van der Waals surface area contributed by atoms with Crippen LogP contribution in [-0.2, 0) is 32.6 Å². The van der Waals surface area contributed by atoms with Crippen LogP contribution in [0.25, 0.3) is 0 Å². The van der Waals surface area contributed by atoms with Crippen LogP contribution < -0.4 is 9.62 Å². The van der Waals surface area contributed by atoms with Gasteiger partial charge in [0, 0.05) is 35.1 Å². The third-order valence-electron chi connectivity index (χ3n) is 7.02. The van der Waals surface area contributed by atoms with Crippen molar-refractivity contribution in [1.82, 2.24) is 10.2 Å². The highest BCUT2D eigenvalue weighted by atomic mass is 35.5. The van der Waals surface area contributed by atoms with Crippen LogP contribution in [-0.4, -0.2) is 50.5 Å². The van der Waals surface area contributed by atoms with Crippen molar-refractivity contribution in [3.8, 4) is 0 Å². The Morgan fingerprint density at radius 3 is 2.07 bits per heavy atom. The average molecular weight is 633 g/mol. The average Bonchev–Trinajstić information content (AvgIpc) is 2.95. The second kappa shape index (κ2) is 15.4. The fraction of sp³-hybridized carbons (Fsp3) is 0.375. The topological polar surface area (TPSA) is 86.8 Å². The molecule has 3 aromatic carbocycles. The van der Waals surface area contributed by atoms with Crippen molar-refractivity contribution in [3.05, 3.63) is 99.5 Å². The molecule has 3 aromatic rings. The summed E-state index contributed by atoms with van der Waals surface area (Å²) in [5, 5.41) is 3.64. The Morgan fingerprint density at radius 2 is 1.52 bits per heavy atom. The molecule has 0 saturated carbocycles. The molecule has 0 spiro atoms. The van der Waals surface area contributed by atoms with Crippen molar-refractivity contribution >= 4 is 50.7 Å². The molecule has 3 rings (SSSR count). The number of anilines is 1. The van der Waals surface area contributed by atoms with E-state index in [1.807, 2.05) is 63.2 Å². The van der Waals surface area contributed by atoms with Gasteiger partial charge in [-0.2, -0.15) is 0 Å². The maximum absolute atomic E-state index is 14.2. The number of nitrogens with one attached hydrogen (secondary N) is 1. The van der Waals surface area contributed by atoms with Gasteiger partial charge in [0.25, 0.3) is 0 Å². The SMILES string of the molecule is CCCCNC(=O)[C@@H](Cc1ccccc1)N(Cc1c(Cl)cccc1Cl)C(=O)CN(c1ccc(C(C)C)cc1)S(C)(=O)=O. The fourth-order valence-electron chi connectivity index (χ4n) is 4.55. The first-order chi connectivity index (χ1) is 19.9. The lowest BCUT2D eigenvalue weighted by molar-refractivity contribution is -0.140. The highest BCUT2D eigenvalue weighted by Gasteiger charge is 2.33. The summed E-state index contributed by atoms with van der Waals surface area (Å²) in [6.45, 7) is 5.98. The Hall–Kier alpha value is -3.07. The number of carbonyl (C=O) groups excluding carboxylic acids is 2. The predicted molar refractivity (Wildman–Crippen MR) is 172 cm³/mol. The molecule has 0 aliphatic rings. The summed E-state index contributed by atoms with van der Waals surface area (Å²) in [5.74, 6) is -0.639. The van der Waals surface area contributed by atoms with E-state index in [0.717, 1.165) is 34.5 Å². The number of unbranched alkanes of at least 4 members (excludes halogenated alkanes) is 1. The molecule has 0 bridgehead atoms. The zero-order chi connectivity index (χ0) is 30.9. The van der Waals surface area contributed by atoms with E-state index in [4.69, 9.17) is 23.2 Å². The zero-order valence-corrected chi connectivity index (χ0v) is 26.8. The summed E-state index contributed by atoms with van der Waals surface area (Å²) in [4.78, 5) is 29.3. The summed E-state index contributed by atoms with van der Waals surface area (Å²) >= 11 is 13.0. The lowest BCUT2D eigenvalue weighted by Crippen LogP contribution is -2.53. The largest absolute Gasteiger partial charge is 0.354 e. The summed E-state index contributed by atoms with van der Waals surface area (Å²) < 4.78 is 27.0. The molecule has 7 nitrogen and oxygen atoms in total. The number of nitrogens with zero attached hydrogens (tertiary/aromatic N) is 2. The maximum atomic E-state index is 14.2. The van der Waals surface area contributed by atoms with Crippen LogP contribution in [0.15, 0.2) is 72.8 Å². The summed E-state index contributed by atoms with van der Waals surface area (Å²) in [6.07, 6.45) is 2.95. The van der Waals surface area contributed by atoms with E-state index in [0.29, 0.717) is 27.8 Å². The second-order valence-corrected chi connectivity index (χ2v) is 13.3. The van der Waals surface area contributed by atoms with Gasteiger partial charge in [0.2, 0.25) is 21.8 Å². The number of halogens is 2. The molecule has 0 radical (unpaired) electrons. The first-order valence-corrected chi connectivity index (χ1v) is 16.6. The fourth-order valence-corrected chi connectivity index (χ4v) is 5.92. The van der Waals surface area contributed by atoms with E-state index in [9.17, 15) is 18.0 Å². The molecule has 0 aliphatic heterocycles. The molecule has 10 heteroatoms. The Kier molecular flexibility index (Phi) is 12.3. The maximum Gasteiger partial charge on any atom is 0.244 e. The number of amides is 2. The standard InChI is InChI=1S/C32H39Cl2N3O4S/c1-5-6-19-35-32(39)30(20-24-11-8-7-9-12-24)36(21-27-28(33)13-10-14-29(27)34)31(38)22-37(42(4,40)41)26-17-15-25(16-18-26)23(2)3/h7-18,23,30H,5-6,19-22H2,1-4H3,(H,35,39)/t30-/m1/s1. The number of benzene rings is 3. The van der Waals surface area contributed by atoms with Gasteiger partial charge in [-0.25, -0.2) is 8.42 Å². The zero-order valence-electron chi connectivity index (χ0n) is 24.5. The summed E-state index contributed by atoms with van der Waals surface area (Å²) in [7, 11) is -3.86. The van der Waals surface area contributed by atoms with Crippen molar-refractivity contribution in [2.75, 3.05) is 23.7 Å². The van der Waals surface area contributed by atoms with Crippen molar-refractivity contribution < 1.29 is 18.0 Å². The van der Waals surface area contributed by atoms with Crippen molar-refractivity contribution in [3.63, 3.8) is 0 Å². The van der Waals surface area contributed by atoms with E-state index in [1.54, 1.807) is 30.3 Å². The normalized spacial score (nSPS) is 12.2. The molecule has 0 saturated heterocycles. The Balaban J connectivity index is 2.07. The monoisotopic (exact) mass is 631 g/mol. The summed E-state index contributed by atoms with van der Waals surface area (Å²) in [5.41, 5.74) is 2.72. The van der Waals surface area contributed by atoms with Gasteiger partial charge >= 0.3 is 0 Å². The highest BCUT2D eigenvalue weighted by molar-refractivity contribution is 7.92. The highest BCUT2D eigenvalue weighted by Crippen LogP contribution is 2.28. The number of hydrogen-bond donors (Lipinski definition) is 1. The molecule has 1 N–H and O–H groups in total. The quantitative estimate of drug-likeness (QED) is 0.207. The van der Waals surface area contributed by atoms with E-state index < -0.39 is 28.5 Å². The molecular weight excluding hydrogens is 593 g/mol. The number of hydrogen-bond acceptors (Lipinski definition) is 4. The third kappa shape index (κ3) is 9.21. The molecule has 0 fully saturated rings. The summed E-state index contributed by atoms with van der Waals surface area (Å²) in [6, 6.07) is 20.5. The lowest BCUT2D eigenvalue weighted by Gasteiger charge is -2.34. The number of sulfonamides is 1. The van der Waals surface area contributed by atoms with Crippen LogP contribution in [0.4, 0.5) is 5.69 Å². The molecule has 0 aliphatic carbocycles. The van der Waals surface area contributed by atoms with Gasteiger partial charge < -0.3 is 10.2 Å². The number of rotatable bonds is 14. The third-order valence-corrected chi connectivity index (χ3v) is 8.87. The minimum Gasteiger partial charge on any atom is -0.354 e. The van der Waals surface area contributed by atoms with E-state index >= 15 is 0 Å². The molecule has 0 aromatic heterocycles.